The Hall–Kier alpha value is 0.0200. The Morgan fingerprint density at radius 1 is 1.26 bits per heavy atom. The van der Waals surface area contributed by atoms with Crippen LogP contribution in [0, 0.1) is 6.92 Å². The zero-order valence-corrected chi connectivity index (χ0v) is 16.0. The molecular formula is C12H12Br3N3S. The highest BCUT2D eigenvalue weighted by atomic mass is 79.9. The summed E-state index contributed by atoms with van der Waals surface area (Å²) in [6, 6.07) is 2.03. The second-order valence-corrected chi connectivity index (χ2v) is 7.97. The maximum Gasteiger partial charge on any atom is 0.172 e. The molecular weight excluding hydrogens is 458 g/mol. The molecule has 1 N–H and O–H groups in total. The zero-order valence-electron chi connectivity index (χ0n) is 10.4. The van der Waals surface area contributed by atoms with Crippen molar-refractivity contribution in [3.8, 4) is 10.7 Å². The number of nitrogens with zero attached hydrogens (tertiary/aromatic N) is 2. The van der Waals surface area contributed by atoms with Crippen molar-refractivity contribution in [2.75, 3.05) is 11.9 Å². The molecule has 0 unspecified atom stereocenters. The van der Waals surface area contributed by atoms with Crippen molar-refractivity contribution in [1.82, 2.24) is 9.97 Å². The molecule has 19 heavy (non-hydrogen) atoms. The number of rotatable bonds is 4. The molecule has 0 saturated carbocycles. The molecule has 2 aromatic heterocycles. The van der Waals surface area contributed by atoms with Crippen LogP contribution in [-0.4, -0.2) is 16.5 Å². The van der Waals surface area contributed by atoms with Crippen LogP contribution in [0.3, 0.4) is 0 Å². The van der Waals surface area contributed by atoms with E-state index in [4.69, 9.17) is 0 Å². The number of halogens is 3. The standard InChI is InChI=1S/C12H12Br3N3S/c1-3-4-16-12-9(14)6(2)17-11(18-12)8-5-7(13)10(15)19-8/h5H,3-4H2,1-2H3,(H,16,17,18). The zero-order chi connectivity index (χ0) is 14.0. The molecule has 2 aromatic rings. The van der Waals surface area contributed by atoms with Gasteiger partial charge in [-0.2, -0.15) is 0 Å². The molecule has 0 fully saturated rings. The van der Waals surface area contributed by atoms with Crippen molar-refractivity contribution in [3.63, 3.8) is 0 Å². The molecule has 0 aliphatic rings. The van der Waals surface area contributed by atoms with Gasteiger partial charge in [0.1, 0.15) is 5.82 Å². The van der Waals surface area contributed by atoms with Crippen molar-refractivity contribution < 1.29 is 0 Å². The average molecular weight is 470 g/mol. The van der Waals surface area contributed by atoms with E-state index < -0.39 is 0 Å². The van der Waals surface area contributed by atoms with Crippen molar-refractivity contribution in [3.05, 3.63) is 24.5 Å². The van der Waals surface area contributed by atoms with Gasteiger partial charge in [-0.05, 0) is 67.2 Å². The van der Waals surface area contributed by atoms with Crippen LogP contribution in [0.2, 0.25) is 0 Å². The summed E-state index contributed by atoms with van der Waals surface area (Å²) in [6.07, 6.45) is 1.06. The maximum atomic E-state index is 4.59. The third kappa shape index (κ3) is 3.56. The minimum absolute atomic E-state index is 0.746. The molecule has 0 spiro atoms. The van der Waals surface area contributed by atoms with E-state index in [0.717, 1.165) is 47.9 Å². The largest absolute Gasteiger partial charge is 0.369 e. The maximum absolute atomic E-state index is 4.59. The molecule has 0 radical (unpaired) electrons. The predicted molar refractivity (Wildman–Crippen MR) is 92.0 cm³/mol. The fourth-order valence-electron chi connectivity index (χ4n) is 1.49. The smallest absolute Gasteiger partial charge is 0.172 e. The molecule has 0 atom stereocenters. The molecule has 0 saturated heterocycles. The minimum Gasteiger partial charge on any atom is -0.369 e. The Kier molecular flexibility index (Phi) is 5.39. The van der Waals surface area contributed by atoms with Gasteiger partial charge in [0.2, 0.25) is 0 Å². The lowest BCUT2D eigenvalue weighted by atomic mass is 10.3. The van der Waals surface area contributed by atoms with E-state index in [2.05, 4.69) is 70.0 Å². The normalized spacial score (nSPS) is 10.8. The van der Waals surface area contributed by atoms with Crippen LogP contribution in [0.25, 0.3) is 10.7 Å². The molecule has 102 valence electrons. The first kappa shape index (κ1) is 15.4. The topological polar surface area (TPSA) is 37.8 Å². The van der Waals surface area contributed by atoms with Crippen LogP contribution in [0.5, 0.6) is 0 Å². The van der Waals surface area contributed by atoms with Gasteiger partial charge in [-0.3, -0.25) is 0 Å². The number of anilines is 1. The Labute approximate surface area is 141 Å². The van der Waals surface area contributed by atoms with Crippen LogP contribution in [0.1, 0.15) is 19.0 Å². The highest BCUT2D eigenvalue weighted by molar-refractivity contribution is 9.13. The molecule has 0 amide bonds. The number of aromatic nitrogens is 2. The molecule has 0 aliphatic carbocycles. The van der Waals surface area contributed by atoms with Crippen molar-refractivity contribution in [1.29, 1.82) is 0 Å². The van der Waals surface area contributed by atoms with E-state index in [-0.39, 0.29) is 0 Å². The fourth-order valence-corrected chi connectivity index (χ4v) is 3.77. The van der Waals surface area contributed by atoms with Gasteiger partial charge in [-0.1, -0.05) is 6.92 Å². The van der Waals surface area contributed by atoms with Crippen molar-refractivity contribution in [2.24, 2.45) is 0 Å². The van der Waals surface area contributed by atoms with Crippen LogP contribution >= 0.6 is 59.1 Å². The van der Waals surface area contributed by atoms with E-state index in [1.54, 1.807) is 11.3 Å². The minimum atomic E-state index is 0.746. The fraction of sp³-hybridized carbons (Fsp3) is 0.333. The highest BCUT2D eigenvalue weighted by Gasteiger charge is 2.13. The third-order valence-corrected chi connectivity index (χ3v) is 6.63. The first-order chi connectivity index (χ1) is 9.02. The Morgan fingerprint density at radius 2 is 2.00 bits per heavy atom. The summed E-state index contributed by atoms with van der Waals surface area (Å²) in [6.45, 7) is 5.00. The number of aryl methyl sites for hydroxylation is 1. The van der Waals surface area contributed by atoms with E-state index >= 15 is 0 Å². The number of hydrogen-bond donors (Lipinski definition) is 1. The quantitative estimate of drug-likeness (QED) is 0.631. The summed E-state index contributed by atoms with van der Waals surface area (Å²) in [5, 5.41) is 3.32. The van der Waals surface area contributed by atoms with Crippen molar-refractivity contribution in [2.45, 2.75) is 20.3 Å². The molecule has 0 aromatic carbocycles. The molecule has 0 bridgehead atoms. The van der Waals surface area contributed by atoms with Crippen LogP contribution < -0.4 is 5.32 Å². The molecule has 7 heteroatoms. The second kappa shape index (κ2) is 6.65. The third-order valence-electron chi connectivity index (χ3n) is 2.42. The van der Waals surface area contributed by atoms with E-state index in [0.29, 0.717) is 0 Å². The Balaban J connectivity index is 2.43. The summed E-state index contributed by atoms with van der Waals surface area (Å²) >= 11 is 12.1. The van der Waals surface area contributed by atoms with Crippen LogP contribution in [0.15, 0.2) is 18.8 Å². The summed E-state index contributed by atoms with van der Waals surface area (Å²) in [5.41, 5.74) is 0.934. The van der Waals surface area contributed by atoms with Gasteiger partial charge in [0.25, 0.3) is 0 Å². The predicted octanol–water partition coefficient (Wildman–Crippen LogP) is 5.62. The van der Waals surface area contributed by atoms with Gasteiger partial charge in [-0.15, -0.1) is 11.3 Å². The summed E-state index contributed by atoms with van der Waals surface area (Å²) in [7, 11) is 0. The van der Waals surface area contributed by atoms with Gasteiger partial charge in [0.15, 0.2) is 5.82 Å². The lowest BCUT2D eigenvalue weighted by molar-refractivity contribution is 0.959. The van der Waals surface area contributed by atoms with Gasteiger partial charge in [0, 0.05) is 11.0 Å². The van der Waals surface area contributed by atoms with E-state index in [1.807, 2.05) is 13.0 Å². The lowest BCUT2D eigenvalue weighted by Crippen LogP contribution is -2.05. The molecule has 0 aliphatic heterocycles. The first-order valence-corrected chi connectivity index (χ1v) is 8.95. The first-order valence-electron chi connectivity index (χ1n) is 5.76. The van der Waals surface area contributed by atoms with Crippen LogP contribution in [0.4, 0.5) is 5.82 Å². The van der Waals surface area contributed by atoms with E-state index in [1.165, 1.54) is 0 Å². The van der Waals surface area contributed by atoms with Crippen molar-refractivity contribution >= 4 is 64.9 Å². The highest BCUT2D eigenvalue weighted by Crippen LogP contribution is 2.38. The van der Waals surface area contributed by atoms with Gasteiger partial charge in [0.05, 0.1) is 18.8 Å². The monoisotopic (exact) mass is 467 g/mol. The lowest BCUT2D eigenvalue weighted by Gasteiger charge is -2.09. The van der Waals surface area contributed by atoms with Gasteiger partial charge < -0.3 is 5.32 Å². The second-order valence-electron chi connectivity index (χ2n) is 3.95. The van der Waals surface area contributed by atoms with Gasteiger partial charge in [-0.25, -0.2) is 9.97 Å². The summed E-state index contributed by atoms with van der Waals surface area (Å²) < 4.78 is 3.01. The number of thiophene rings is 1. The average Bonchev–Trinajstić information content (AvgIpc) is 2.71. The van der Waals surface area contributed by atoms with Gasteiger partial charge >= 0.3 is 0 Å². The Bertz CT molecular complexity index is 579. The Morgan fingerprint density at radius 3 is 2.58 bits per heavy atom. The molecule has 3 nitrogen and oxygen atoms in total. The molecule has 2 rings (SSSR count). The summed E-state index contributed by atoms with van der Waals surface area (Å²) in [5.74, 6) is 1.60. The summed E-state index contributed by atoms with van der Waals surface area (Å²) in [4.78, 5) is 10.2. The van der Waals surface area contributed by atoms with E-state index in [9.17, 15) is 0 Å². The molecule has 2 heterocycles. The number of hydrogen-bond acceptors (Lipinski definition) is 4. The van der Waals surface area contributed by atoms with Crippen LogP contribution in [-0.2, 0) is 0 Å². The SMILES string of the molecule is CCCNc1nc(-c2cc(Br)c(Br)s2)nc(C)c1Br. The number of nitrogens with one attached hydrogen (secondary N) is 1.